The average molecular weight is 340 g/mol. The minimum atomic E-state index is -0.409. The molecule has 1 N–H and O–H groups in total. The van der Waals surface area contributed by atoms with Crippen LogP contribution in [-0.4, -0.2) is 29.1 Å². The van der Waals surface area contributed by atoms with Gasteiger partial charge in [-0.25, -0.2) is 9.73 Å². The lowest BCUT2D eigenvalue weighted by atomic mass is 10.1. The maximum absolute atomic E-state index is 12.5. The van der Waals surface area contributed by atoms with E-state index in [1.165, 1.54) is 7.05 Å². The molecule has 0 saturated carbocycles. The molecule has 2 aromatic carbocycles. The molecular weight excluding hydrogens is 326 g/mol. The third kappa shape index (κ3) is 3.36. The van der Waals surface area contributed by atoms with Crippen LogP contribution in [0.1, 0.15) is 5.56 Å². The van der Waals surface area contributed by atoms with E-state index in [2.05, 4.69) is 10.3 Å². The molecule has 1 heterocycles. The van der Waals surface area contributed by atoms with Gasteiger partial charge in [-0.15, -0.1) is 0 Å². The molecule has 0 unspecified atom stereocenters. The minimum absolute atomic E-state index is 0.0212. The van der Waals surface area contributed by atoms with Crippen LogP contribution in [0, 0.1) is 5.21 Å². The van der Waals surface area contributed by atoms with Crippen molar-refractivity contribution >= 4 is 40.7 Å². The Balaban J connectivity index is 1.97. The summed E-state index contributed by atoms with van der Waals surface area (Å²) in [7, 11) is 1.28. The quantitative estimate of drug-likeness (QED) is 0.395. The van der Waals surface area contributed by atoms with Crippen LogP contribution in [0.2, 0.25) is 5.02 Å². The van der Waals surface area contributed by atoms with Crippen LogP contribution in [0.15, 0.2) is 65.3 Å². The van der Waals surface area contributed by atoms with Gasteiger partial charge in [-0.3, -0.25) is 4.79 Å². The summed E-state index contributed by atoms with van der Waals surface area (Å²) in [5.74, 6) is -0.185. The van der Waals surface area contributed by atoms with Crippen LogP contribution < -0.4 is 5.32 Å². The maximum atomic E-state index is 12.5. The average Bonchev–Trinajstić information content (AvgIpc) is 2.86. The summed E-state index contributed by atoms with van der Waals surface area (Å²) in [5, 5.41) is 15.4. The van der Waals surface area contributed by atoms with Gasteiger partial charge in [-0.05, 0) is 35.9 Å². The lowest BCUT2D eigenvalue weighted by Crippen LogP contribution is -2.31. The van der Waals surface area contributed by atoms with Gasteiger partial charge in [-0.1, -0.05) is 41.9 Å². The topological polar surface area (TPSA) is 67.5 Å². The third-order valence-corrected chi connectivity index (χ3v) is 3.68. The highest BCUT2D eigenvalue weighted by Crippen LogP contribution is 2.19. The summed E-state index contributed by atoms with van der Waals surface area (Å²) in [5.41, 5.74) is 1.72. The van der Waals surface area contributed by atoms with Crippen molar-refractivity contribution in [2.24, 2.45) is 4.99 Å². The van der Waals surface area contributed by atoms with Gasteiger partial charge >= 0.3 is 5.71 Å². The highest BCUT2D eigenvalue weighted by Gasteiger charge is 2.35. The van der Waals surface area contributed by atoms with Crippen molar-refractivity contribution < 1.29 is 9.53 Å². The first-order valence-corrected chi connectivity index (χ1v) is 7.63. The number of carbonyl (C=O) groups is 1. The smallest absolute Gasteiger partial charge is 0.303 e. The number of nitrogens with one attached hydrogen (secondary N) is 1. The van der Waals surface area contributed by atoms with Crippen LogP contribution in [-0.2, 0) is 4.79 Å². The highest BCUT2D eigenvalue weighted by atomic mass is 35.5. The molecule has 0 bridgehead atoms. The summed E-state index contributed by atoms with van der Waals surface area (Å²) in [6, 6.07) is 16.3. The van der Waals surface area contributed by atoms with Gasteiger partial charge in [0.15, 0.2) is 0 Å². The number of hydroxylamine groups is 1. The number of halogens is 1. The van der Waals surface area contributed by atoms with E-state index in [4.69, 9.17) is 11.6 Å². The van der Waals surface area contributed by atoms with Gasteiger partial charge < -0.3 is 10.5 Å². The number of allylic oxidation sites excluding steroid dienone is 1. The Morgan fingerprint density at radius 3 is 2.42 bits per heavy atom. The van der Waals surface area contributed by atoms with Gasteiger partial charge in [-0.2, -0.15) is 0 Å². The zero-order valence-electron chi connectivity index (χ0n) is 12.9. The summed E-state index contributed by atoms with van der Waals surface area (Å²) in [6.07, 6.45) is 1.66. The number of carbonyl (C=O) groups excluding carboxylic acids is 1. The molecule has 0 spiro atoms. The Bertz CT molecular complexity index is 865. The summed E-state index contributed by atoms with van der Waals surface area (Å²) in [4.78, 5) is 16.8. The van der Waals surface area contributed by atoms with Crippen molar-refractivity contribution in [2.75, 3.05) is 12.4 Å². The van der Waals surface area contributed by atoms with Crippen molar-refractivity contribution in [2.45, 2.75) is 0 Å². The molecule has 1 aliphatic heterocycles. The number of aliphatic imine (C=N–C) groups is 1. The monoisotopic (exact) mass is 339 g/mol. The number of hydrogen-bond acceptors (Lipinski definition) is 4. The van der Waals surface area contributed by atoms with Crippen molar-refractivity contribution in [3.63, 3.8) is 0 Å². The standard InChI is InChI=1S/C18H14ClN3O2/c1-22(24)16-17(23)15(11-12-5-3-2-4-6-12)21-18(16)20-14-9-7-13(19)8-10-14/h2-11H,1H3,(H,20,21)/b15-11-,22-16-. The number of hydrogen-bond donors (Lipinski definition) is 1. The Morgan fingerprint density at radius 1 is 1.12 bits per heavy atom. The number of rotatable bonds is 2. The largest absolute Gasteiger partial charge is 0.623 e. The molecule has 0 saturated heterocycles. The normalized spacial score (nSPS) is 17.8. The molecule has 3 rings (SSSR count). The first-order chi connectivity index (χ1) is 11.5. The zero-order chi connectivity index (χ0) is 17.1. The second kappa shape index (κ2) is 6.68. The van der Waals surface area contributed by atoms with E-state index in [-0.39, 0.29) is 17.2 Å². The number of amidine groups is 1. The Labute approximate surface area is 144 Å². The number of benzene rings is 2. The molecule has 1 aliphatic rings. The summed E-state index contributed by atoms with van der Waals surface area (Å²) in [6.45, 7) is 0. The van der Waals surface area contributed by atoms with Crippen LogP contribution in [0.4, 0.5) is 5.69 Å². The van der Waals surface area contributed by atoms with E-state index in [9.17, 15) is 10.0 Å². The van der Waals surface area contributed by atoms with E-state index in [0.29, 0.717) is 15.4 Å². The van der Waals surface area contributed by atoms with Gasteiger partial charge in [0, 0.05) is 10.7 Å². The van der Waals surface area contributed by atoms with Crippen molar-refractivity contribution in [1.82, 2.24) is 0 Å². The van der Waals surface area contributed by atoms with Crippen molar-refractivity contribution in [3.05, 3.63) is 76.1 Å². The molecule has 0 aromatic heterocycles. The predicted octanol–water partition coefficient (Wildman–Crippen LogP) is 3.36. The second-order valence-corrected chi connectivity index (χ2v) is 5.64. The Morgan fingerprint density at radius 2 is 1.79 bits per heavy atom. The van der Waals surface area contributed by atoms with Gasteiger partial charge in [0.1, 0.15) is 12.7 Å². The summed E-state index contributed by atoms with van der Waals surface area (Å²) >= 11 is 5.86. The molecule has 0 amide bonds. The van der Waals surface area contributed by atoms with E-state index in [0.717, 1.165) is 5.56 Å². The molecule has 120 valence electrons. The fourth-order valence-electron chi connectivity index (χ4n) is 2.31. The number of Topliss-reactive ketones (excluding diaryl/α,β-unsaturated/α-hetero) is 1. The van der Waals surface area contributed by atoms with Crippen molar-refractivity contribution in [1.29, 1.82) is 0 Å². The third-order valence-electron chi connectivity index (χ3n) is 3.43. The molecule has 0 atom stereocenters. The fourth-order valence-corrected chi connectivity index (χ4v) is 2.43. The van der Waals surface area contributed by atoms with Gasteiger partial charge in [0.2, 0.25) is 5.84 Å². The fraction of sp³-hybridized carbons (Fsp3) is 0.0556. The van der Waals surface area contributed by atoms with E-state index in [1.54, 1.807) is 30.3 Å². The number of ketones is 1. The lowest BCUT2D eigenvalue weighted by Gasteiger charge is -2.06. The van der Waals surface area contributed by atoms with Crippen molar-refractivity contribution in [3.8, 4) is 0 Å². The highest BCUT2D eigenvalue weighted by molar-refractivity contribution is 6.73. The lowest BCUT2D eigenvalue weighted by molar-refractivity contribution is -0.419. The maximum Gasteiger partial charge on any atom is 0.303 e. The molecule has 2 aromatic rings. The van der Waals surface area contributed by atoms with Gasteiger partial charge in [0.05, 0.1) is 0 Å². The van der Waals surface area contributed by atoms with Crippen LogP contribution in [0.5, 0.6) is 0 Å². The molecule has 0 radical (unpaired) electrons. The molecule has 24 heavy (non-hydrogen) atoms. The SMILES string of the molecule is C/[N+]([O-])=C1\C(=O)/C(=C/c2ccccc2)N=C1Nc1ccc(Cl)cc1. The molecule has 6 heteroatoms. The number of anilines is 1. The van der Waals surface area contributed by atoms with Crippen LogP contribution in [0.25, 0.3) is 6.08 Å². The van der Waals surface area contributed by atoms with Gasteiger partial charge in [0.25, 0.3) is 5.78 Å². The Hall–Kier alpha value is -2.92. The molecule has 0 aliphatic carbocycles. The first kappa shape index (κ1) is 16.0. The molecule has 0 fully saturated rings. The van der Waals surface area contributed by atoms with Crippen LogP contribution >= 0.6 is 11.6 Å². The van der Waals surface area contributed by atoms with E-state index >= 15 is 0 Å². The minimum Gasteiger partial charge on any atom is -0.623 e. The van der Waals surface area contributed by atoms with E-state index < -0.39 is 5.78 Å². The van der Waals surface area contributed by atoms with E-state index in [1.807, 2.05) is 30.3 Å². The predicted molar refractivity (Wildman–Crippen MR) is 96.5 cm³/mol. The molecule has 5 nitrogen and oxygen atoms in total. The second-order valence-electron chi connectivity index (χ2n) is 5.21. The number of nitrogens with zero attached hydrogens (tertiary/aromatic N) is 2. The van der Waals surface area contributed by atoms with Crippen LogP contribution in [0.3, 0.4) is 0 Å². The molecular formula is C18H14ClN3O2. The summed E-state index contributed by atoms with van der Waals surface area (Å²) < 4.78 is 0.524. The zero-order valence-corrected chi connectivity index (χ0v) is 13.6. The first-order valence-electron chi connectivity index (χ1n) is 7.25. The Kier molecular flexibility index (Phi) is 4.44.